The monoisotopic (exact) mass is 233 g/mol. The minimum atomic E-state index is -0.307. The smallest absolute Gasteiger partial charge is 0.224 e. The van der Waals surface area contributed by atoms with E-state index >= 15 is 0 Å². The first-order valence-electron chi connectivity index (χ1n) is 5.19. The minimum absolute atomic E-state index is 0.149. The number of hydrogen-bond donors (Lipinski definition) is 1. The molecule has 0 unspecified atom stereocenters. The molecule has 0 amide bonds. The molecule has 4 heteroatoms. The maximum absolute atomic E-state index is 12.9. The van der Waals surface area contributed by atoms with E-state index in [9.17, 15) is 4.39 Å². The van der Waals surface area contributed by atoms with Crippen LogP contribution < -0.4 is 4.74 Å². The van der Waals surface area contributed by atoms with E-state index < -0.39 is 0 Å². The van der Waals surface area contributed by atoms with Gasteiger partial charge in [-0.2, -0.15) is 0 Å². The molecule has 2 rings (SSSR count). The summed E-state index contributed by atoms with van der Waals surface area (Å²) in [6.07, 6.45) is 1.58. The third-order valence-electron chi connectivity index (χ3n) is 2.36. The Bertz CT molecular complexity index is 529. The third-order valence-corrected chi connectivity index (χ3v) is 2.36. The molecule has 0 atom stereocenters. The minimum Gasteiger partial charge on any atom is -0.438 e. The van der Waals surface area contributed by atoms with E-state index in [1.807, 2.05) is 0 Å². The van der Waals surface area contributed by atoms with Gasteiger partial charge in [0.25, 0.3) is 0 Å². The molecule has 0 bridgehead atoms. The quantitative estimate of drug-likeness (QED) is 0.886. The zero-order valence-electron chi connectivity index (χ0n) is 9.35. The molecule has 0 radical (unpaired) electrons. The van der Waals surface area contributed by atoms with Crippen molar-refractivity contribution < 1.29 is 14.2 Å². The van der Waals surface area contributed by atoms with Crippen LogP contribution in [0, 0.1) is 12.7 Å². The Kier molecular flexibility index (Phi) is 3.35. The maximum atomic E-state index is 12.9. The Morgan fingerprint density at radius 1 is 1.35 bits per heavy atom. The second-order valence-corrected chi connectivity index (χ2v) is 3.64. The van der Waals surface area contributed by atoms with Gasteiger partial charge in [0.15, 0.2) is 0 Å². The van der Waals surface area contributed by atoms with Gasteiger partial charge in [0.1, 0.15) is 11.6 Å². The Labute approximate surface area is 98.5 Å². The highest BCUT2D eigenvalue weighted by Crippen LogP contribution is 2.26. The molecule has 3 nitrogen and oxygen atoms in total. The van der Waals surface area contributed by atoms with Crippen LogP contribution in [0.1, 0.15) is 11.1 Å². The predicted molar refractivity (Wildman–Crippen MR) is 61.4 cm³/mol. The summed E-state index contributed by atoms with van der Waals surface area (Å²) < 4.78 is 18.5. The molecule has 0 saturated heterocycles. The predicted octanol–water partition coefficient (Wildman–Crippen LogP) is 2.81. The average molecular weight is 233 g/mol. The SMILES string of the molecule is Cc1cc(F)ccc1Oc1ncccc1CO. The van der Waals surface area contributed by atoms with Crippen molar-refractivity contribution in [2.45, 2.75) is 13.5 Å². The lowest BCUT2D eigenvalue weighted by Crippen LogP contribution is -1.95. The molecule has 0 aliphatic carbocycles. The van der Waals surface area contributed by atoms with E-state index in [1.165, 1.54) is 12.1 Å². The highest BCUT2D eigenvalue weighted by molar-refractivity contribution is 5.37. The lowest BCUT2D eigenvalue weighted by molar-refractivity contribution is 0.275. The molecule has 0 aliphatic heterocycles. The number of rotatable bonds is 3. The van der Waals surface area contributed by atoms with Gasteiger partial charge in [-0.25, -0.2) is 9.37 Å². The summed E-state index contributed by atoms with van der Waals surface area (Å²) in [4.78, 5) is 4.03. The average Bonchev–Trinajstić information content (AvgIpc) is 2.33. The van der Waals surface area contributed by atoms with Crippen molar-refractivity contribution >= 4 is 0 Å². The molecule has 0 spiro atoms. The van der Waals surface area contributed by atoms with Gasteiger partial charge in [-0.15, -0.1) is 0 Å². The van der Waals surface area contributed by atoms with E-state index in [-0.39, 0.29) is 12.4 Å². The lowest BCUT2D eigenvalue weighted by atomic mass is 10.2. The first-order valence-corrected chi connectivity index (χ1v) is 5.19. The van der Waals surface area contributed by atoms with Crippen molar-refractivity contribution in [3.63, 3.8) is 0 Å². The van der Waals surface area contributed by atoms with Crippen LogP contribution in [0.3, 0.4) is 0 Å². The summed E-state index contributed by atoms with van der Waals surface area (Å²) in [5, 5.41) is 9.13. The number of halogens is 1. The summed E-state index contributed by atoms with van der Waals surface area (Å²) in [6, 6.07) is 7.69. The van der Waals surface area contributed by atoms with Crippen molar-refractivity contribution in [2.75, 3.05) is 0 Å². The standard InChI is InChI=1S/C13H12FNO2/c1-9-7-11(14)4-5-12(9)17-13-10(8-16)3-2-6-15-13/h2-7,16H,8H2,1H3. The number of hydrogen-bond acceptors (Lipinski definition) is 3. The Morgan fingerprint density at radius 2 is 2.18 bits per heavy atom. The first kappa shape index (κ1) is 11.5. The number of aliphatic hydroxyl groups is 1. The van der Waals surface area contributed by atoms with Crippen LogP contribution in [0.5, 0.6) is 11.6 Å². The van der Waals surface area contributed by atoms with Crippen molar-refractivity contribution in [3.05, 3.63) is 53.5 Å². The maximum Gasteiger partial charge on any atom is 0.224 e. The Hall–Kier alpha value is -1.94. The molecule has 1 N–H and O–H groups in total. The lowest BCUT2D eigenvalue weighted by Gasteiger charge is -2.10. The van der Waals surface area contributed by atoms with Gasteiger partial charge in [-0.1, -0.05) is 0 Å². The van der Waals surface area contributed by atoms with Gasteiger partial charge in [0.05, 0.1) is 6.61 Å². The highest BCUT2D eigenvalue weighted by atomic mass is 19.1. The van der Waals surface area contributed by atoms with E-state index in [4.69, 9.17) is 9.84 Å². The second-order valence-electron chi connectivity index (χ2n) is 3.64. The Morgan fingerprint density at radius 3 is 2.88 bits per heavy atom. The number of pyridine rings is 1. The molecule has 0 aliphatic rings. The van der Waals surface area contributed by atoms with E-state index in [0.717, 1.165) is 0 Å². The van der Waals surface area contributed by atoms with Crippen molar-refractivity contribution in [1.82, 2.24) is 4.98 Å². The van der Waals surface area contributed by atoms with E-state index in [0.29, 0.717) is 22.8 Å². The summed E-state index contributed by atoms with van der Waals surface area (Å²) in [7, 11) is 0. The molecule has 0 fully saturated rings. The van der Waals surface area contributed by atoms with Crippen molar-refractivity contribution in [1.29, 1.82) is 0 Å². The number of aromatic nitrogens is 1. The fourth-order valence-electron chi connectivity index (χ4n) is 1.47. The molecular weight excluding hydrogens is 221 g/mol. The molecular formula is C13H12FNO2. The largest absolute Gasteiger partial charge is 0.438 e. The number of aryl methyl sites for hydroxylation is 1. The highest BCUT2D eigenvalue weighted by Gasteiger charge is 2.07. The number of nitrogens with zero attached hydrogens (tertiary/aromatic N) is 1. The molecule has 0 saturated carbocycles. The summed E-state index contributed by atoms with van der Waals surface area (Å²) >= 11 is 0. The summed E-state index contributed by atoms with van der Waals surface area (Å²) in [6.45, 7) is 1.60. The fourth-order valence-corrected chi connectivity index (χ4v) is 1.47. The normalized spacial score (nSPS) is 10.3. The van der Waals surface area contributed by atoms with Crippen LogP contribution in [0.25, 0.3) is 0 Å². The fraction of sp³-hybridized carbons (Fsp3) is 0.154. The molecule has 17 heavy (non-hydrogen) atoms. The van der Waals surface area contributed by atoms with Crippen LogP contribution in [0.2, 0.25) is 0 Å². The summed E-state index contributed by atoms with van der Waals surface area (Å²) in [5.74, 6) is 0.558. The number of aliphatic hydroxyl groups excluding tert-OH is 1. The number of ether oxygens (including phenoxy) is 1. The zero-order chi connectivity index (χ0) is 12.3. The molecule has 1 aromatic carbocycles. The van der Waals surface area contributed by atoms with Gasteiger partial charge in [-0.05, 0) is 42.8 Å². The van der Waals surface area contributed by atoms with Gasteiger partial charge in [0.2, 0.25) is 5.88 Å². The topological polar surface area (TPSA) is 42.4 Å². The first-order chi connectivity index (χ1) is 8.20. The van der Waals surface area contributed by atoms with Crippen LogP contribution in [0.4, 0.5) is 4.39 Å². The van der Waals surface area contributed by atoms with Crippen molar-refractivity contribution in [2.24, 2.45) is 0 Å². The van der Waals surface area contributed by atoms with Gasteiger partial charge >= 0.3 is 0 Å². The van der Waals surface area contributed by atoms with Gasteiger partial charge < -0.3 is 9.84 Å². The third kappa shape index (κ3) is 2.60. The Balaban J connectivity index is 2.31. The molecule has 88 valence electrons. The van der Waals surface area contributed by atoms with E-state index in [2.05, 4.69) is 4.98 Å². The van der Waals surface area contributed by atoms with Crippen LogP contribution in [0.15, 0.2) is 36.5 Å². The number of benzene rings is 1. The van der Waals surface area contributed by atoms with Crippen LogP contribution in [-0.4, -0.2) is 10.1 Å². The summed E-state index contributed by atoms with van der Waals surface area (Å²) in [5.41, 5.74) is 1.27. The molecule has 1 aromatic heterocycles. The van der Waals surface area contributed by atoms with Gasteiger partial charge in [0, 0.05) is 11.8 Å². The zero-order valence-corrected chi connectivity index (χ0v) is 9.35. The molecule has 1 heterocycles. The van der Waals surface area contributed by atoms with E-state index in [1.54, 1.807) is 31.3 Å². The van der Waals surface area contributed by atoms with Crippen LogP contribution in [-0.2, 0) is 6.61 Å². The van der Waals surface area contributed by atoms with Crippen LogP contribution >= 0.6 is 0 Å². The van der Waals surface area contributed by atoms with Gasteiger partial charge in [-0.3, -0.25) is 0 Å². The second kappa shape index (κ2) is 4.93. The molecule has 2 aromatic rings. The van der Waals surface area contributed by atoms with Crippen molar-refractivity contribution in [3.8, 4) is 11.6 Å².